The van der Waals surface area contributed by atoms with Crippen LogP contribution >= 0.6 is 0 Å². The lowest BCUT2D eigenvalue weighted by atomic mass is 10.0. The van der Waals surface area contributed by atoms with Gasteiger partial charge >= 0.3 is 0 Å². The summed E-state index contributed by atoms with van der Waals surface area (Å²) in [5, 5.41) is 8.59. The van der Waals surface area contributed by atoms with E-state index < -0.39 is 5.91 Å². The Morgan fingerprint density at radius 2 is 2.39 bits per heavy atom. The zero-order valence-electron chi connectivity index (χ0n) is 9.92. The van der Waals surface area contributed by atoms with Crippen LogP contribution in [0.4, 0.5) is 0 Å². The maximum absolute atomic E-state index is 11.3. The van der Waals surface area contributed by atoms with E-state index >= 15 is 0 Å². The zero-order chi connectivity index (χ0) is 13.1. The summed E-state index contributed by atoms with van der Waals surface area (Å²) in [6, 6.07) is 4.77. The predicted octanol–water partition coefficient (Wildman–Crippen LogP) is 0.717. The number of nitrogens with one attached hydrogen (secondary N) is 1. The highest BCUT2D eigenvalue weighted by Gasteiger charge is 2.22. The average molecular weight is 250 g/mol. The second kappa shape index (κ2) is 5.05. The van der Waals surface area contributed by atoms with Gasteiger partial charge in [0, 0.05) is 11.1 Å². The number of ether oxygens (including phenoxy) is 1. The fourth-order valence-electron chi connectivity index (χ4n) is 1.99. The molecule has 18 heavy (non-hydrogen) atoms. The van der Waals surface area contributed by atoms with E-state index in [4.69, 9.17) is 9.94 Å². The quantitative estimate of drug-likeness (QED) is 0.460. The van der Waals surface area contributed by atoms with E-state index in [2.05, 4.69) is 0 Å². The molecular weight excluding hydrogens is 236 g/mol. The third kappa shape index (κ3) is 2.14. The van der Waals surface area contributed by atoms with Crippen molar-refractivity contribution in [2.75, 3.05) is 13.2 Å². The second-order valence-corrected chi connectivity index (χ2v) is 4.06. The first-order valence-corrected chi connectivity index (χ1v) is 5.59. The van der Waals surface area contributed by atoms with Crippen molar-refractivity contribution in [2.45, 2.75) is 13.0 Å². The summed E-state index contributed by atoms with van der Waals surface area (Å²) in [6.07, 6.45) is 0.789. The molecule has 1 aromatic carbocycles. The first kappa shape index (κ1) is 12.4. The average Bonchev–Trinajstić information content (AvgIpc) is 2.56. The molecule has 2 amide bonds. The van der Waals surface area contributed by atoms with Gasteiger partial charge < -0.3 is 9.64 Å². The lowest BCUT2D eigenvalue weighted by molar-refractivity contribution is -0.120. The van der Waals surface area contributed by atoms with Crippen molar-refractivity contribution in [3.8, 4) is 5.75 Å². The Labute approximate surface area is 104 Å². The van der Waals surface area contributed by atoms with Crippen molar-refractivity contribution in [1.82, 2.24) is 10.4 Å². The number of carbonyl (C=O) groups excluding carboxylic acids is 2. The van der Waals surface area contributed by atoms with Gasteiger partial charge in [0.1, 0.15) is 12.4 Å². The first-order chi connectivity index (χ1) is 8.67. The van der Waals surface area contributed by atoms with Gasteiger partial charge in [-0.25, -0.2) is 5.48 Å². The number of carbonyl (C=O) groups is 2. The van der Waals surface area contributed by atoms with Crippen LogP contribution < -0.4 is 10.2 Å². The second-order valence-electron chi connectivity index (χ2n) is 4.06. The van der Waals surface area contributed by atoms with E-state index in [0.717, 1.165) is 12.0 Å². The van der Waals surface area contributed by atoms with Crippen LogP contribution in [0.25, 0.3) is 0 Å². The molecule has 2 N–H and O–H groups in total. The summed E-state index contributed by atoms with van der Waals surface area (Å²) in [4.78, 5) is 23.9. The highest BCUT2D eigenvalue weighted by Crippen LogP contribution is 2.31. The molecule has 0 radical (unpaired) electrons. The third-order valence-electron chi connectivity index (χ3n) is 3.07. The Bertz CT molecular complexity index is 475. The topological polar surface area (TPSA) is 78.9 Å². The van der Waals surface area contributed by atoms with E-state index in [1.54, 1.807) is 28.6 Å². The molecule has 0 aromatic heterocycles. The lowest BCUT2D eigenvalue weighted by Gasteiger charge is -2.22. The van der Waals surface area contributed by atoms with Gasteiger partial charge in [-0.3, -0.25) is 14.8 Å². The lowest BCUT2D eigenvalue weighted by Crippen LogP contribution is -2.27. The van der Waals surface area contributed by atoms with Crippen molar-refractivity contribution in [2.24, 2.45) is 0 Å². The number of hydrogen-bond donors (Lipinski definition) is 2. The SMILES string of the molecule is CC1c2ccc(C(=O)NO)cc2OCCN1C=O. The van der Waals surface area contributed by atoms with Gasteiger partial charge in [0.25, 0.3) is 5.91 Å². The van der Waals surface area contributed by atoms with E-state index in [-0.39, 0.29) is 6.04 Å². The van der Waals surface area contributed by atoms with Crippen LogP contribution in [-0.2, 0) is 4.79 Å². The van der Waals surface area contributed by atoms with Crippen LogP contribution in [-0.4, -0.2) is 35.6 Å². The van der Waals surface area contributed by atoms with Gasteiger partial charge in [0.2, 0.25) is 6.41 Å². The summed E-state index contributed by atoms with van der Waals surface area (Å²) in [5.41, 5.74) is 2.72. The van der Waals surface area contributed by atoms with Gasteiger partial charge in [0.15, 0.2) is 0 Å². The summed E-state index contributed by atoms with van der Waals surface area (Å²) in [5.74, 6) is -0.0292. The molecule has 96 valence electrons. The number of amides is 2. The smallest absolute Gasteiger partial charge is 0.274 e. The number of rotatable bonds is 2. The maximum atomic E-state index is 11.3. The van der Waals surface area contributed by atoms with Crippen LogP contribution in [0.3, 0.4) is 0 Å². The normalized spacial score (nSPS) is 18.3. The van der Waals surface area contributed by atoms with Crippen LogP contribution in [0.2, 0.25) is 0 Å². The Hall–Kier alpha value is -2.08. The molecule has 0 saturated carbocycles. The van der Waals surface area contributed by atoms with Gasteiger partial charge in [-0.2, -0.15) is 0 Å². The Morgan fingerprint density at radius 3 is 3.06 bits per heavy atom. The summed E-state index contributed by atoms with van der Waals surface area (Å²) >= 11 is 0. The van der Waals surface area contributed by atoms with Crippen molar-refractivity contribution in [1.29, 1.82) is 0 Å². The van der Waals surface area contributed by atoms with Crippen LogP contribution in [0.1, 0.15) is 28.9 Å². The minimum atomic E-state index is -0.592. The molecule has 0 saturated heterocycles. The third-order valence-corrected chi connectivity index (χ3v) is 3.07. The highest BCUT2D eigenvalue weighted by molar-refractivity contribution is 5.93. The van der Waals surface area contributed by atoms with Crippen molar-refractivity contribution >= 4 is 12.3 Å². The molecule has 0 fully saturated rings. The first-order valence-electron chi connectivity index (χ1n) is 5.59. The highest BCUT2D eigenvalue weighted by atomic mass is 16.5. The van der Waals surface area contributed by atoms with Gasteiger partial charge in [0.05, 0.1) is 12.6 Å². The summed E-state index contributed by atoms with van der Waals surface area (Å²) in [6.45, 7) is 2.77. The summed E-state index contributed by atoms with van der Waals surface area (Å²) in [7, 11) is 0. The molecule has 2 rings (SSSR count). The molecule has 1 aliphatic heterocycles. The monoisotopic (exact) mass is 250 g/mol. The number of nitrogens with zero attached hydrogens (tertiary/aromatic N) is 1. The molecule has 0 aliphatic carbocycles. The predicted molar refractivity (Wildman–Crippen MR) is 62.4 cm³/mol. The van der Waals surface area contributed by atoms with Gasteiger partial charge in [-0.1, -0.05) is 6.07 Å². The molecule has 1 unspecified atom stereocenters. The molecule has 1 aliphatic rings. The van der Waals surface area contributed by atoms with E-state index in [1.165, 1.54) is 0 Å². The number of hydrogen-bond acceptors (Lipinski definition) is 4. The van der Waals surface area contributed by atoms with Gasteiger partial charge in [-0.15, -0.1) is 0 Å². The molecule has 0 bridgehead atoms. The standard InChI is InChI=1S/C12H14N2O4/c1-8-10-3-2-9(12(16)13-17)6-11(10)18-5-4-14(8)7-15/h2-3,6-8,17H,4-5H2,1H3,(H,13,16). The fraction of sp³-hybridized carbons (Fsp3) is 0.333. The van der Waals surface area contributed by atoms with E-state index in [0.29, 0.717) is 24.5 Å². The molecular formula is C12H14N2O4. The number of fused-ring (bicyclic) bond motifs is 1. The van der Waals surface area contributed by atoms with Crippen LogP contribution in [0.5, 0.6) is 5.75 Å². The van der Waals surface area contributed by atoms with Crippen LogP contribution in [0, 0.1) is 0 Å². The Balaban J connectivity index is 2.39. The largest absolute Gasteiger partial charge is 0.491 e. The van der Waals surface area contributed by atoms with Crippen LogP contribution in [0.15, 0.2) is 18.2 Å². The molecule has 6 heteroatoms. The minimum Gasteiger partial charge on any atom is -0.491 e. The van der Waals surface area contributed by atoms with Crippen molar-refractivity contribution in [3.05, 3.63) is 29.3 Å². The molecule has 6 nitrogen and oxygen atoms in total. The Kier molecular flexibility index (Phi) is 3.47. The maximum Gasteiger partial charge on any atom is 0.274 e. The minimum absolute atomic E-state index is 0.105. The molecule has 1 heterocycles. The number of benzene rings is 1. The van der Waals surface area contributed by atoms with E-state index in [9.17, 15) is 9.59 Å². The Morgan fingerprint density at radius 1 is 1.61 bits per heavy atom. The zero-order valence-corrected chi connectivity index (χ0v) is 9.92. The van der Waals surface area contributed by atoms with Crippen molar-refractivity contribution < 1.29 is 19.5 Å². The molecule has 1 atom stereocenters. The van der Waals surface area contributed by atoms with Crippen molar-refractivity contribution in [3.63, 3.8) is 0 Å². The van der Waals surface area contributed by atoms with Gasteiger partial charge in [-0.05, 0) is 19.1 Å². The molecule has 0 spiro atoms. The fourth-order valence-corrected chi connectivity index (χ4v) is 1.99. The number of hydroxylamine groups is 1. The molecule has 1 aromatic rings. The summed E-state index contributed by atoms with van der Waals surface area (Å²) < 4.78 is 5.52. The van der Waals surface area contributed by atoms with E-state index in [1.807, 2.05) is 6.92 Å².